The third-order valence-corrected chi connectivity index (χ3v) is 6.79. The van der Waals surface area contributed by atoms with Crippen molar-refractivity contribution < 1.29 is 18.7 Å². The number of carbonyl (C=O) groups is 2. The Kier molecular flexibility index (Phi) is 8.32. The summed E-state index contributed by atoms with van der Waals surface area (Å²) in [7, 11) is 1.63. The van der Waals surface area contributed by atoms with Crippen LogP contribution in [0.4, 0.5) is 10.2 Å². The largest absolute Gasteiger partial charge is 0.497 e. The zero-order valence-corrected chi connectivity index (χ0v) is 21.4. The van der Waals surface area contributed by atoms with Gasteiger partial charge in [-0.25, -0.2) is 4.39 Å². The zero-order chi connectivity index (χ0) is 26.4. The Labute approximate surface area is 216 Å². The number of hydrogen-bond acceptors (Lipinski definition) is 6. The van der Waals surface area contributed by atoms with Crippen molar-refractivity contribution in [3.63, 3.8) is 0 Å². The molecule has 1 aromatic heterocycles. The molecule has 0 bridgehead atoms. The lowest BCUT2D eigenvalue weighted by Gasteiger charge is -2.37. The summed E-state index contributed by atoms with van der Waals surface area (Å²) in [5.74, 6) is 0.336. The van der Waals surface area contributed by atoms with Crippen LogP contribution in [0.1, 0.15) is 30.6 Å². The summed E-state index contributed by atoms with van der Waals surface area (Å²) in [5, 5.41) is 8.76. The molecule has 3 aromatic rings. The highest BCUT2D eigenvalue weighted by Crippen LogP contribution is 2.22. The van der Waals surface area contributed by atoms with E-state index >= 15 is 0 Å². The van der Waals surface area contributed by atoms with Crippen molar-refractivity contribution in [3.8, 4) is 17.0 Å². The predicted octanol–water partition coefficient (Wildman–Crippen LogP) is 3.88. The highest BCUT2D eigenvalue weighted by Gasteiger charge is 2.29. The minimum absolute atomic E-state index is 0.0166. The normalized spacial score (nSPS) is 14.3. The van der Waals surface area contributed by atoms with Gasteiger partial charge in [0.1, 0.15) is 18.1 Å². The standard InChI is InChI=1S/C28H32FN5O3/c1-4-20(2)34(28(36)23-7-5-6-8-24(23)29)19-27(35)33-17-15-32(16-18-33)26-14-13-25(30-31-26)21-9-11-22(37-3)12-10-21/h5-14,20H,4,15-19H2,1-3H3/t20-/m1/s1. The van der Waals surface area contributed by atoms with Crippen LogP contribution in [0.2, 0.25) is 0 Å². The Hall–Kier alpha value is -4.01. The molecule has 1 atom stereocenters. The van der Waals surface area contributed by atoms with Gasteiger partial charge in [0.15, 0.2) is 5.82 Å². The van der Waals surface area contributed by atoms with Crippen molar-refractivity contribution in [2.45, 2.75) is 26.3 Å². The molecular formula is C28H32FN5O3. The number of methoxy groups -OCH3 is 1. The van der Waals surface area contributed by atoms with E-state index in [0.717, 1.165) is 22.8 Å². The number of ether oxygens (including phenoxy) is 1. The first kappa shape index (κ1) is 26.1. The molecule has 1 aliphatic rings. The molecule has 8 nitrogen and oxygen atoms in total. The Morgan fingerprint density at radius 3 is 2.30 bits per heavy atom. The Morgan fingerprint density at radius 1 is 1.00 bits per heavy atom. The van der Waals surface area contributed by atoms with Gasteiger partial charge in [0.25, 0.3) is 5.91 Å². The molecule has 1 saturated heterocycles. The fourth-order valence-corrected chi connectivity index (χ4v) is 4.28. The van der Waals surface area contributed by atoms with Crippen molar-refractivity contribution >= 4 is 17.6 Å². The van der Waals surface area contributed by atoms with Crippen molar-refractivity contribution in [3.05, 3.63) is 72.0 Å². The highest BCUT2D eigenvalue weighted by atomic mass is 19.1. The highest BCUT2D eigenvalue weighted by molar-refractivity contribution is 5.97. The topological polar surface area (TPSA) is 78.9 Å². The molecule has 0 unspecified atom stereocenters. The molecule has 194 valence electrons. The van der Waals surface area contributed by atoms with Crippen LogP contribution in [0.5, 0.6) is 5.75 Å². The van der Waals surface area contributed by atoms with Crippen LogP contribution in [-0.4, -0.2) is 77.7 Å². The number of halogens is 1. The molecule has 0 saturated carbocycles. The number of benzene rings is 2. The average Bonchev–Trinajstić information content (AvgIpc) is 2.95. The lowest BCUT2D eigenvalue weighted by Crippen LogP contribution is -2.53. The first-order valence-corrected chi connectivity index (χ1v) is 12.5. The van der Waals surface area contributed by atoms with Crippen molar-refractivity contribution in [1.82, 2.24) is 20.0 Å². The van der Waals surface area contributed by atoms with Gasteiger partial charge in [-0.05, 0) is 61.9 Å². The van der Waals surface area contributed by atoms with Gasteiger partial charge in [0.2, 0.25) is 5.91 Å². The van der Waals surface area contributed by atoms with Crippen LogP contribution in [0, 0.1) is 5.82 Å². The van der Waals surface area contributed by atoms with Crippen LogP contribution in [0.25, 0.3) is 11.3 Å². The molecule has 37 heavy (non-hydrogen) atoms. The molecule has 2 heterocycles. The number of aromatic nitrogens is 2. The average molecular weight is 506 g/mol. The fraction of sp³-hybridized carbons (Fsp3) is 0.357. The zero-order valence-electron chi connectivity index (χ0n) is 21.4. The minimum atomic E-state index is -0.582. The van der Waals surface area contributed by atoms with E-state index in [1.807, 2.05) is 50.2 Å². The van der Waals surface area contributed by atoms with Gasteiger partial charge in [-0.2, -0.15) is 0 Å². The number of carbonyl (C=O) groups excluding carboxylic acids is 2. The number of amides is 2. The van der Waals surface area contributed by atoms with Gasteiger partial charge in [0.05, 0.1) is 18.4 Å². The summed E-state index contributed by atoms with van der Waals surface area (Å²) in [4.78, 5) is 31.5. The second-order valence-corrected chi connectivity index (χ2v) is 9.04. The lowest BCUT2D eigenvalue weighted by molar-refractivity contribution is -0.132. The van der Waals surface area contributed by atoms with Crippen molar-refractivity contribution in [2.75, 3.05) is 44.7 Å². The summed E-state index contributed by atoms with van der Waals surface area (Å²) >= 11 is 0. The molecule has 0 spiro atoms. The summed E-state index contributed by atoms with van der Waals surface area (Å²) in [5.41, 5.74) is 1.70. The number of rotatable bonds is 8. The van der Waals surface area contributed by atoms with Gasteiger partial charge in [-0.15, -0.1) is 10.2 Å². The summed E-state index contributed by atoms with van der Waals surface area (Å²) in [6.45, 7) is 5.94. The predicted molar refractivity (Wildman–Crippen MR) is 140 cm³/mol. The molecule has 0 aliphatic carbocycles. The Bertz CT molecular complexity index is 1210. The Balaban J connectivity index is 1.36. The first-order chi connectivity index (χ1) is 17.9. The number of hydrogen-bond donors (Lipinski definition) is 0. The molecule has 2 aromatic carbocycles. The second kappa shape index (κ2) is 11.8. The van der Waals surface area contributed by atoms with Crippen LogP contribution >= 0.6 is 0 Å². The minimum Gasteiger partial charge on any atom is -0.497 e. The Morgan fingerprint density at radius 2 is 1.70 bits per heavy atom. The SMILES string of the molecule is CC[C@@H](C)N(CC(=O)N1CCN(c2ccc(-c3ccc(OC)cc3)nn2)CC1)C(=O)c1ccccc1F. The van der Waals surface area contributed by atoms with Gasteiger partial charge >= 0.3 is 0 Å². The molecule has 0 radical (unpaired) electrons. The summed E-state index contributed by atoms with van der Waals surface area (Å²) in [6.07, 6.45) is 0.659. The fourth-order valence-electron chi connectivity index (χ4n) is 4.28. The van der Waals surface area contributed by atoms with Crippen molar-refractivity contribution in [2.24, 2.45) is 0 Å². The van der Waals surface area contributed by atoms with E-state index in [4.69, 9.17) is 4.74 Å². The van der Waals surface area contributed by atoms with Gasteiger partial charge in [-0.3, -0.25) is 9.59 Å². The molecule has 9 heteroatoms. The second-order valence-electron chi connectivity index (χ2n) is 9.04. The summed E-state index contributed by atoms with van der Waals surface area (Å²) < 4.78 is 19.5. The van der Waals surface area contributed by atoms with Crippen LogP contribution in [-0.2, 0) is 4.79 Å². The van der Waals surface area contributed by atoms with E-state index in [1.54, 1.807) is 24.1 Å². The quantitative estimate of drug-likeness (QED) is 0.462. The van der Waals surface area contributed by atoms with E-state index in [2.05, 4.69) is 15.1 Å². The van der Waals surface area contributed by atoms with E-state index in [-0.39, 0.29) is 24.1 Å². The van der Waals surface area contributed by atoms with E-state index in [0.29, 0.717) is 32.6 Å². The maximum Gasteiger partial charge on any atom is 0.257 e. The molecule has 1 aliphatic heterocycles. The molecular weight excluding hydrogens is 473 g/mol. The monoisotopic (exact) mass is 505 g/mol. The van der Waals surface area contributed by atoms with E-state index in [1.165, 1.54) is 17.0 Å². The van der Waals surface area contributed by atoms with Crippen molar-refractivity contribution in [1.29, 1.82) is 0 Å². The smallest absolute Gasteiger partial charge is 0.257 e. The number of nitrogens with zero attached hydrogens (tertiary/aromatic N) is 5. The maximum absolute atomic E-state index is 14.3. The maximum atomic E-state index is 14.3. The molecule has 4 rings (SSSR count). The first-order valence-electron chi connectivity index (χ1n) is 12.5. The number of anilines is 1. The molecule has 2 amide bonds. The molecule has 1 fully saturated rings. The number of piperazine rings is 1. The van der Waals surface area contributed by atoms with Crippen LogP contribution in [0.3, 0.4) is 0 Å². The third kappa shape index (κ3) is 6.04. The van der Waals surface area contributed by atoms with E-state index in [9.17, 15) is 14.0 Å². The van der Waals surface area contributed by atoms with Gasteiger partial charge < -0.3 is 19.4 Å². The van der Waals surface area contributed by atoms with Gasteiger partial charge in [-0.1, -0.05) is 19.1 Å². The van der Waals surface area contributed by atoms with Crippen LogP contribution in [0.15, 0.2) is 60.7 Å². The lowest BCUT2D eigenvalue weighted by atomic mass is 10.1. The third-order valence-electron chi connectivity index (χ3n) is 6.79. The van der Waals surface area contributed by atoms with E-state index < -0.39 is 11.7 Å². The van der Waals surface area contributed by atoms with Gasteiger partial charge in [0, 0.05) is 37.8 Å². The summed E-state index contributed by atoms with van der Waals surface area (Å²) in [6, 6.07) is 17.2. The van der Waals surface area contributed by atoms with Crippen LogP contribution < -0.4 is 9.64 Å². The molecule has 0 N–H and O–H groups in total.